The number of hydrogen-bond acceptors (Lipinski definition) is 4. The number of oxime groups is 1. The van der Waals surface area contributed by atoms with Gasteiger partial charge in [0.05, 0.1) is 5.71 Å². The zero-order chi connectivity index (χ0) is 14.5. The Morgan fingerprint density at radius 3 is 2.68 bits per heavy atom. The number of rotatable bonds is 3. The predicted octanol–water partition coefficient (Wildman–Crippen LogP) is 3.05. The van der Waals surface area contributed by atoms with E-state index in [-0.39, 0.29) is 12.0 Å². The van der Waals surface area contributed by atoms with Crippen molar-refractivity contribution < 1.29 is 14.4 Å². The maximum absolute atomic E-state index is 12.0. The summed E-state index contributed by atoms with van der Waals surface area (Å²) in [5.74, 6) is 0.271. The largest absolute Gasteiger partial charge is 0.444 e. The molecule has 110 valence electrons. The van der Waals surface area contributed by atoms with Crippen LogP contribution in [-0.2, 0) is 9.57 Å². The molecule has 1 saturated heterocycles. The fraction of sp³-hybridized carbons (Fsp3) is 0.857. The van der Waals surface area contributed by atoms with E-state index in [2.05, 4.69) is 5.16 Å². The van der Waals surface area contributed by atoms with E-state index in [0.29, 0.717) is 13.2 Å². The Balaban J connectivity index is 2.57. The molecule has 19 heavy (non-hydrogen) atoms. The van der Waals surface area contributed by atoms with Gasteiger partial charge in [-0.2, -0.15) is 0 Å². The van der Waals surface area contributed by atoms with Crippen LogP contribution in [0.15, 0.2) is 5.16 Å². The second-order valence-electron chi connectivity index (χ2n) is 5.92. The molecule has 1 fully saturated rings. The van der Waals surface area contributed by atoms with Gasteiger partial charge in [-0.1, -0.05) is 5.16 Å². The van der Waals surface area contributed by atoms with Crippen LogP contribution in [-0.4, -0.2) is 42.0 Å². The molecule has 0 aromatic heterocycles. The van der Waals surface area contributed by atoms with Crippen molar-refractivity contribution in [2.45, 2.75) is 53.1 Å². The summed E-state index contributed by atoms with van der Waals surface area (Å²) in [7, 11) is 0. The molecule has 1 aliphatic rings. The van der Waals surface area contributed by atoms with Crippen LogP contribution in [0.4, 0.5) is 4.79 Å². The number of carbonyl (C=O) groups excluding carboxylic acids is 1. The Morgan fingerprint density at radius 1 is 1.42 bits per heavy atom. The molecule has 0 spiro atoms. The van der Waals surface area contributed by atoms with Crippen LogP contribution in [0.25, 0.3) is 0 Å². The first-order chi connectivity index (χ1) is 8.83. The summed E-state index contributed by atoms with van der Waals surface area (Å²) in [4.78, 5) is 18.9. The Morgan fingerprint density at radius 2 is 2.11 bits per heavy atom. The highest BCUT2D eigenvalue weighted by atomic mass is 16.6. The molecule has 1 atom stereocenters. The van der Waals surface area contributed by atoms with Gasteiger partial charge in [0.2, 0.25) is 0 Å². The normalized spacial score (nSPS) is 21.2. The highest BCUT2D eigenvalue weighted by Crippen LogP contribution is 2.20. The van der Waals surface area contributed by atoms with Crippen molar-refractivity contribution >= 4 is 11.8 Å². The number of amides is 1. The zero-order valence-electron chi connectivity index (χ0n) is 12.7. The molecule has 1 aliphatic heterocycles. The van der Waals surface area contributed by atoms with Crippen molar-refractivity contribution in [2.75, 3.05) is 19.7 Å². The standard InChI is InChI=1S/C14H26N2O3/c1-6-18-15-11(2)12-8-7-9-16(10-12)13(17)19-14(3,4)5/h12H,6-10H2,1-5H3. The molecule has 1 heterocycles. The van der Waals surface area contributed by atoms with Crippen LogP contribution < -0.4 is 0 Å². The third kappa shape index (κ3) is 5.49. The van der Waals surface area contributed by atoms with Gasteiger partial charge in [0.1, 0.15) is 12.2 Å². The van der Waals surface area contributed by atoms with Crippen molar-refractivity contribution in [2.24, 2.45) is 11.1 Å². The Bertz CT molecular complexity index is 334. The van der Waals surface area contributed by atoms with Crippen LogP contribution in [0, 0.1) is 5.92 Å². The molecule has 0 radical (unpaired) electrons. The number of piperidine rings is 1. The average Bonchev–Trinajstić information content (AvgIpc) is 2.34. The van der Waals surface area contributed by atoms with Gasteiger partial charge in [-0.15, -0.1) is 0 Å². The van der Waals surface area contributed by atoms with Crippen LogP contribution >= 0.6 is 0 Å². The van der Waals surface area contributed by atoms with E-state index in [1.807, 2.05) is 34.6 Å². The van der Waals surface area contributed by atoms with Gasteiger partial charge in [0.15, 0.2) is 0 Å². The molecule has 0 aromatic carbocycles. The molecular formula is C14H26N2O3. The first kappa shape index (κ1) is 15.8. The molecule has 0 N–H and O–H groups in total. The Hall–Kier alpha value is -1.26. The minimum Gasteiger partial charge on any atom is -0.444 e. The molecule has 0 bridgehead atoms. The summed E-state index contributed by atoms with van der Waals surface area (Å²) in [6, 6.07) is 0. The highest BCUT2D eigenvalue weighted by Gasteiger charge is 2.28. The first-order valence-corrected chi connectivity index (χ1v) is 6.98. The monoisotopic (exact) mass is 270 g/mol. The number of ether oxygens (including phenoxy) is 1. The lowest BCUT2D eigenvalue weighted by Gasteiger charge is -2.33. The van der Waals surface area contributed by atoms with E-state index in [1.54, 1.807) is 4.90 Å². The second kappa shape index (κ2) is 6.78. The molecule has 0 aromatic rings. The molecule has 1 unspecified atom stereocenters. The van der Waals surface area contributed by atoms with E-state index < -0.39 is 5.60 Å². The first-order valence-electron chi connectivity index (χ1n) is 6.98. The van der Waals surface area contributed by atoms with Gasteiger partial charge < -0.3 is 14.5 Å². The van der Waals surface area contributed by atoms with Gasteiger partial charge in [0.25, 0.3) is 0 Å². The molecule has 5 heteroatoms. The molecule has 1 amide bonds. The van der Waals surface area contributed by atoms with E-state index in [9.17, 15) is 4.79 Å². The van der Waals surface area contributed by atoms with Crippen LogP contribution in [0.1, 0.15) is 47.5 Å². The molecule has 1 rings (SSSR count). The van der Waals surface area contributed by atoms with Crippen molar-refractivity contribution in [3.63, 3.8) is 0 Å². The Labute approximate surface area is 115 Å². The summed E-state index contributed by atoms with van der Waals surface area (Å²) in [6.45, 7) is 11.5. The summed E-state index contributed by atoms with van der Waals surface area (Å²) < 4.78 is 5.40. The number of likely N-dealkylation sites (tertiary alicyclic amines) is 1. The topological polar surface area (TPSA) is 51.1 Å². The maximum Gasteiger partial charge on any atom is 0.410 e. The maximum atomic E-state index is 12.0. The SMILES string of the molecule is CCON=C(C)C1CCCN(C(=O)OC(C)(C)C)C1. The summed E-state index contributed by atoms with van der Waals surface area (Å²) in [5, 5.41) is 4.07. The lowest BCUT2D eigenvalue weighted by Crippen LogP contribution is -2.44. The fourth-order valence-electron chi connectivity index (χ4n) is 2.05. The molecule has 0 saturated carbocycles. The highest BCUT2D eigenvalue weighted by molar-refractivity contribution is 5.84. The molecule has 0 aliphatic carbocycles. The summed E-state index contributed by atoms with van der Waals surface area (Å²) in [6.07, 6.45) is 1.78. The third-order valence-electron chi connectivity index (χ3n) is 3.00. The van der Waals surface area contributed by atoms with Crippen LogP contribution in [0.3, 0.4) is 0 Å². The summed E-state index contributed by atoms with van der Waals surface area (Å²) in [5.41, 5.74) is 0.508. The van der Waals surface area contributed by atoms with E-state index >= 15 is 0 Å². The zero-order valence-corrected chi connectivity index (χ0v) is 12.7. The predicted molar refractivity (Wildman–Crippen MR) is 75.3 cm³/mol. The number of carbonyl (C=O) groups is 1. The van der Waals surface area contributed by atoms with Gasteiger partial charge in [-0.3, -0.25) is 0 Å². The lowest BCUT2D eigenvalue weighted by molar-refractivity contribution is 0.0192. The van der Waals surface area contributed by atoms with Crippen molar-refractivity contribution in [1.29, 1.82) is 0 Å². The van der Waals surface area contributed by atoms with Gasteiger partial charge in [-0.25, -0.2) is 4.79 Å². The van der Waals surface area contributed by atoms with Crippen LogP contribution in [0.5, 0.6) is 0 Å². The number of hydrogen-bond donors (Lipinski definition) is 0. The van der Waals surface area contributed by atoms with E-state index in [4.69, 9.17) is 9.57 Å². The number of nitrogens with zero attached hydrogens (tertiary/aromatic N) is 2. The second-order valence-corrected chi connectivity index (χ2v) is 5.92. The van der Waals surface area contributed by atoms with E-state index in [1.165, 1.54) is 0 Å². The van der Waals surface area contributed by atoms with Crippen molar-refractivity contribution in [1.82, 2.24) is 4.90 Å². The van der Waals surface area contributed by atoms with Crippen LogP contribution in [0.2, 0.25) is 0 Å². The van der Waals surface area contributed by atoms with Gasteiger partial charge in [0, 0.05) is 19.0 Å². The quantitative estimate of drug-likeness (QED) is 0.585. The lowest BCUT2D eigenvalue weighted by atomic mass is 9.94. The molecular weight excluding hydrogens is 244 g/mol. The smallest absolute Gasteiger partial charge is 0.410 e. The Kier molecular flexibility index (Phi) is 5.63. The fourth-order valence-corrected chi connectivity index (χ4v) is 2.05. The molecule has 5 nitrogen and oxygen atoms in total. The van der Waals surface area contributed by atoms with Gasteiger partial charge >= 0.3 is 6.09 Å². The minimum atomic E-state index is -0.446. The minimum absolute atomic E-state index is 0.235. The van der Waals surface area contributed by atoms with Crippen molar-refractivity contribution in [3.05, 3.63) is 0 Å². The van der Waals surface area contributed by atoms with E-state index in [0.717, 1.165) is 25.1 Å². The van der Waals surface area contributed by atoms with Gasteiger partial charge in [-0.05, 0) is 47.5 Å². The summed E-state index contributed by atoms with van der Waals surface area (Å²) >= 11 is 0. The third-order valence-corrected chi connectivity index (χ3v) is 3.00. The van der Waals surface area contributed by atoms with Crippen molar-refractivity contribution in [3.8, 4) is 0 Å². The average molecular weight is 270 g/mol.